The van der Waals surface area contributed by atoms with Gasteiger partial charge in [-0.25, -0.2) is 0 Å². The van der Waals surface area contributed by atoms with E-state index in [4.69, 9.17) is 4.74 Å². The molecule has 0 radical (unpaired) electrons. The molecule has 1 heterocycles. The van der Waals surface area contributed by atoms with Gasteiger partial charge in [-0.15, -0.1) is 0 Å². The van der Waals surface area contributed by atoms with Crippen LogP contribution in [0.2, 0.25) is 0 Å². The summed E-state index contributed by atoms with van der Waals surface area (Å²) >= 11 is 3.35. The lowest BCUT2D eigenvalue weighted by molar-refractivity contribution is -0.384. The second-order valence-electron chi connectivity index (χ2n) is 4.82. The van der Waals surface area contributed by atoms with E-state index in [1.807, 2.05) is 12.1 Å². The van der Waals surface area contributed by atoms with E-state index in [1.54, 1.807) is 6.07 Å². The molecule has 0 saturated carbocycles. The number of nitro benzene ring substituents is 1. The Morgan fingerprint density at radius 3 is 2.90 bits per heavy atom. The molecule has 0 saturated heterocycles. The van der Waals surface area contributed by atoms with Crippen molar-refractivity contribution in [1.29, 1.82) is 0 Å². The Bertz CT molecular complexity index is 703. The van der Waals surface area contributed by atoms with E-state index in [-0.39, 0.29) is 5.69 Å². The van der Waals surface area contributed by atoms with Crippen LogP contribution in [-0.2, 0) is 13.0 Å². The number of rotatable bonds is 4. The highest BCUT2D eigenvalue weighted by atomic mass is 79.9. The van der Waals surface area contributed by atoms with Crippen LogP contribution in [0.25, 0.3) is 0 Å². The van der Waals surface area contributed by atoms with Crippen LogP contribution in [0.1, 0.15) is 11.1 Å². The fourth-order valence-corrected chi connectivity index (χ4v) is 2.82. The van der Waals surface area contributed by atoms with Crippen LogP contribution < -0.4 is 10.1 Å². The first kappa shape index (κ1) is 13.9. The van der Waals surface area contributed by atoms with Crippen LogP contribution in [0.4, 0.5) is 11.4 Å². The van der Waals surface area contributed by atoms with Gasteiger partial charge in [0, 0.05) is 35.3 Å². The number of nitrogens with one attached hydrogen (secondary N) is 1. The summed E-state index contributed by atoms with van der Waals surface area (Å²) in [4.78, 5) is 10.3. The number of benzene rings is 2. The molecule has 6 heteroatoms. The molecule has 1 aliphatic heterocycles. The number of nitrogens with zero attached hydrogens (tertiary/aromatic N) is 1. The van der Waals surface area contributed by atoms with Crippen LogP contribution in [-0.4, -0.2) is 11.5 Å². The number of anilines is 1. The van der Waals surface area contributed by atoms with E-state index < -0.39 is 4.92 Å². The molecule has 5 nitrogen and oxygen atoms in total. The topological polar surface area (TPSA) is 64.4 Å². The maximum atomic E-state index is 10.7. The van der Waals surface area contributed by atoms with Crippen molar-refractivity contribution in [3.63, 3.8) is 0 Å². The van der Waals surface area contributed by atoms with Crippen molar-refractivity contribution in [2.45, 2.75) is 13.0 Å². The first-order valence-corrected chi connectivity index (χ1v) is 7.35. The summed E-state index contributed by atoms with van der Waals surface area (Å²) in [5.41, 5.74) is 3.29. The van der Waals surface area contributed by atoms with E-state index in [2.05, 4.69) is 27.3 Å². The highest BCUT2D eigenvalue weighted by molar-refractivity contribution is 9.10. The van der Waals surface area contributed by atoms with Gasteiger partial charge in [0.25, 0.3) is 5.69 Å². The fraction of sp³-hybridized carbons (Fsp3) is 0.200. The Morgan fingerprint density at radius 2 is 2.14 bits per heavy atom. The number of ether oxygens (including phenoxy) is 1. The van der Waals surface area contributed by atoms with E-state index >= 15 is 0 Å². The zero-order valence-corrected chi connectivity index (χ0v) is 12.7. The maximum Gasteiger partial charge on any atom is 0.270 e. The summed E-state index contributed by atoms with van der Waals surface area (Å²) in [7, 11) is 0. The number of halogens is 1. The molecule has 1 aliphatic rings. The number of fused-ring (bicyclic) bond motifs is 1. The molecule has 21 heavy (non-hydrogen) atoms. The molecule has 3 rings (SSSR count). The first-order chi connectivity index (χ1) is 10.1. The predicted octanol–water partition coefficient (Wildman–Crippen LogP) is 3.90. The largest absolute Gasteiger partial charge is 0.493 e. The molecule has 1 N–H and O–H groups in total. The molecule has 0 aliphatic carbocycles. The SMILES string of the molecule is O=[N+]([O-])c1ccc(NCc2ccc3c(c2)CCO3)c(Br)c1. The molecule has 0 bridgehead atoms. The molecule has 0 fully saturated rings. The molecule has 0 atom stereocenters. The molecule has 0 aromatic heterocycles. The highest BCUT2D eigenvalue weighted by Crippen LogP contribution is 2.29. The molecule has 2 aromatic rings. The summed E-state index contributed by atoms with van der Waals surface area (Å²) in [6.45, 7) is 1.41. The van der Waals surface area contributed by atoms with Crippen molar-refractivity contribution in [1.82, 2.24) is 0 Å². The molecular formula is C15H13BrN2O3. The Hall–Kier alpha value is -2.08. The molecule has 0 spiro atoms. The van der Waals surface area contributed by atoms with Crippen LogP contribution in [0.3, 0.4) is 0 Å². The number of hydrogen-bond acceptors (Lipinski definition) is 4. The third-order valence-corrected chi connectivity index (χ3v) is 4.06. The Kier molecular flexibility index (Phi) is 3.79. The average molecular weight is 349 g/mol. The first-order valence-electron chi connectivity index (χ1n) is 6.56. The monoisotopic (exact) mass is 348 g/mol. The Balaban J connectivity index is 1.71. The molecule has 0 unspecified atom stereocenters. The third-order valence-electron chi connectivity index (χ3n) is 3.40. The van der Waals surface area contributed by atoms with Crippen LogP contribution in [0.5, 0.6) is 5.75 Å². The Labute approximate surface area is 130 Å². The van der Waals surface area contributed by atoms with Gasteiger partial charge in [0.2, 0.25) is 0 Å². The third kappa shape index (κ3) is 3.00. The lowest BCUT2D eigenvalue weighted by Gasteiger charge is -2.09. The van der Waals surface area contributed by atoms with Gasteiger partial charge >= 0.3 is 0 Å². The van der Waals surface area contributed by atoms with Crippen molar-refractivity contribution in [3.05, 3.63) is 62.1 Å². The van der Waals surface area contributed by atoms with E-state index in [9.17, 15) is 10.1 Å². The standard InChI is InChI=1S/C15H13BrN2O3/c16-13-8-12(18(19)20)2-3-14(13)17-9-10-1-4-15-11(7-10)5-6-21-15/h1-4,7-8,17H,5-6,9H2. The van der Waals surface area contributed by atoms with E-state index in [1.165, 1.54) is 17.7 Å². The summed E-state index contributed by atoms with van der Waals surface area (Å²) in [5, 5.41) is 14.0. The van der Waals surface area contributed by atoms with Crippen LogP contribution in [0, 0.1) is 10.1 Å². The van der Waals surface area contributed by atoms with E-state index in [0.717, 1.165) is 30.0 Å². The van der Waals surface area contributed by atoms with Gasteiger partial charge < -0.3 is 10.1 Å². The van der Waals surface area contributed by atoms with Crippen molar-refractivity contribution >= 4 is 27.3 Å². The zero-order valence-electron chi connectivity index (χ0n) is 11.1. The van der Waals surface area contributed by atoms with Crippen LogP contribution >= 0.6 is 15.9 Å². The van der Waals surface area contributed by atoms with Gasteiger partial charge in [0.1, 0.15) is 5.75 Å². The van der Waals surface area contributed by atoms with Crippen molar-refractivity contribution in [3.8, 4) is 5.75 Å². The molecule has 2 aromatic carbocycles. The molecule has 108 valence electrons. The number of non-ortho nitro benzene ring substituents is 1. The normalized spacial score (nSPS) is 12.6. The van der Waals surface area contributed by atoms with Gasteiger partial charge in [0.15, 0.2) is 0 Å². The maximum absolute atomic E-state index is 10.7. The Morgan fingerprint density at radius 1 is 1.29 bits per heavy atom. The number of nitro groups is 1. The molecular weight excluding hydrogens is 336 g/mol. The minimum Gasteiger partial charge on any atom is -0.493 e. The van der Waals surface area contributed by atoms with Crippen molar-refractivity contribution in [2.24, 2.45) is 0 Å². The lowest BCUT2D eigenvalue weighted by atomic mass is 10.1. The minimum absolute atomic E-state index is 0.0714. The van der Waals surface area contributed by atoms with Gasteiger partial charge in [-0.05, 0) is 39.2 Å². The summed E-state index contributed by atoms with van der Waals surface area (Å²) in [5.74, 6) is 0.968. The summed E-state index contributed by atoms with van der Waals surface area (Å²) in [6, 6.07) is 10.8. The minimum atomic E-state index is -0.408. The van der Waals surface area contributed by atoms with Crippen molar-refractivity contribution < 1.29 is 9.66 Å². The van der Waals surface area contributed by atoms with Gasteiger partial charge in [0.05, 0.1) is 11.5 Å². The zero-order chi connectivity index (χ0) is 14.8. The lowest BCUT2D eigenvalue weighted by Crippen LogP contribution is -2.01. The fourth-order valence-electron chi connectivity index (χ4n) is 2.31. The van der Waals surface area contributed by atoms with Crippen LogP contribution in [0.15, 0.2) is 40.9 Å². The smallest absolute Gasteiger partial charge is 0.270 e. The van der Waals surface area contributed by atoms with Gasteiger partial charge in [-0.2, -0.15) is 0 Å². The summed E-state index contributed by atoms with van der Waals surface area (Å²) < 4.78 is 6.16. The summed E-state index contributed by atoms with van der Waals surface area (Å²) in [6.07, 6.45) is 0.949. The molecule has 0 amide bonds. The van der Waals surface area contributed by atoms with E-state index in [0.29, 0.717) is 11.0 Å². The second kappa shape index (κ2) is 5.73. The second-order valence-corrected chi connectivity index (χ2v) is 5.67. The highest BCUT2D eigenvalue weighted by Gasteiger charge is 2.12. The van der Waals surface area contributed by atoms with Crippen molar-refractivity contribution in [2.75, 3.05) is 11.9 Å². The van der Waals surface area contributed by atoms with Gasteiger partial charge in [-0.1, -0.05) is 12.1 Å². The number of hydrogen-bond donors (Lipinski definition) is 1. The van der Waals surface area contributed by atoms with Gasteiger partial charge in [-0.3, -0.25) is 10.1 Å². The quantitative estimate of drug-likeness (QED) is 0.672. The predicted molar refractivity (Wildman–Crippen MR) is 83.8 cm³/mol. The average Bonchev–Trinajstić information content (AvgIpc) is 2.93.